The van der Waals surface area contributed by atoms with Gasteiger partial charge in [-0.1, -0.05) is 24.2 Å². The predicted molar refractivity (Wildman–Crippen MR) is 128 cm³/mol. The van der Waals surface area contributed by atoms with Gasteiger partial charge in [-0.05, 0) is 50.8 Å². The molecule has 32 heavy (non-hydrogen) atoms. The molecule has 0 radical (unpaired) electrons. The van der Waals surface area contributed by atoms with Crippen LogP contribution < -0.4 is 16.0 Å². The number of hydrogen-bond donors (Lipinski definition) is 3. The van der Waals surface area contributed by atoms with E-state index in [4.69, 9.17) is 4.98 Å². The lowest BCUT2D eigenvalue weighted by Crippen LogP contribution is -2.45. The average molecular weight is 454 g/mol. The Morgan fingerprint density at radius 1 is 1.16 bits per heavy atom. The van der Waals surface area contributed by atoms with E-state index in [2.05, 4.69) is 45.2 Å². The van der Waals surface area contributed by atoms with Crippen molar-refractivity contribution in [2.75, 3.05) is 23.7 Å². The quantitative estimate of drug-likeness (QED) is 0.628. The highest BCUT2D eigenvalue weighted by Gasteiger charge is 2.25. The van der Waals surface area contributed by atoms with E-state index < -0.39 is 0 Å². The molecule has 1 unspecified atom stereocenters. The topological polar surface area (TPSA) is 95.1 Å². The lowest BCUT2D eigenvalue weighted by Gasteiger charge is -2.35. The third-order valence-corrected chi connectivity index (χ3v) is 7.75. The summed E-state index contributed by atoms with van der Waals surface area (Å²) < 4.78 is 0. The summed E-state index contributed by atoms with van der Waals surface area (Å²) in [6, 6.07) is 4.61. The second-order valence-electron chi connectivity index (χ2n) is 9.07. The number of nitrogens with zero attached hydrogens (tertiary/aromatic N) is 4. The Labute approximate surface area is 192 Å². The van der Waals surface area contributed by atoms with E-state index in [0.29, 0.717) is 12.0 Å². The van der Waals surface area contributed by atoms with Crippen molar-refractivity contribution in [2.24, 2.45) is 0 Å². The van der Waals surface area contributed by atoms with Crippen LogP contribution in [-0.2, 0) is 4.79 Å². The molecule has 0 bridgehead atoms. The van der Waals surface area contributed by atoms with Crippen molar-refractivity contribution in [3.8, 4) is 0 Å². The minimum atomic E-state index is 0.166. The molecule has 1 amide bonds. The van der Waals surface area contributed by atoms with Crippen molar-refractivity contribution in [2.45, 2.75) is 70.4 Å². The molecule has 1 atom stereocenters. The summed E-state index contributed by atoms with van der Waals surface area (Å²) in [6.45, 7) is 5.44. The van der Waals surface area contributed by atoms with Crippen LogP contribution in [0.3, 0.4) is 0 Å². The number of anilines is 3. The van der Waals surface area contributed by atoms with Gasteiger partial charge in [0.15, 0.2) is 0 Å². The molecule has 2 aromatic heterocycles. The van der Waals surface area contributed by atoms with E-state index in [0.717, 1.165) is 59.0 Å². The number of carbonyl (C=O) groups is 1. The zero-order chi connectivity index (χ0) is 22.1. The van der Waals surface area contributed by atoms with Gasteiger partial charge in [0.1, 0.15) is 10.8 Å². The van der Waals surface area contributed by atoms with Crippen LogP contribution in [0.25, 0.3) is 6.08 Å². The molecule has 4 heterocycles. The number of aromatic nitrogens is 3. The van der Waals surface area contributed by atoms with Crippen LogP contribution in [0.2, 0.25) is 0 Å². The number of piperidine rings is 1. The second-order valence-corrected chi connectivity index (χ2v) is 10.1. The molecule has 5 rings (SSSR count). The number of amides is 1. The molecule has 8 nitrogen and oxygen atoms in total. The summed E-state index contributed by atoms with van der Waals surface area (Å²) in [6.07, 6.45) is 9.11. The number of rotatable bonds is 5. The van der Waals surface area contributed by atoms with Gasteiger partial charge >= 0.3 is 0 Å². The molecular formula is C23H31N7OS. The van der Waals surface area contributed by atoms with Crippen LogP contribution in [0.5, 0.6) is 0 Å². The third-order valence-electron chi connectivity index (χ3n) is 6.75. The van der Waals surface area contributed by atoms with Crippen LogP contribution in [0.4, 0.5) is 16.6 Å². The van der Waals surface area contributed by atoms with Crippen molar-refractivity contribution in [1.29, 1.82) is 0 Å². The fourth-order valence-electron chi connectivity index (χ4n) is 4.83. The summed E-state index contributed by atoms with van der Waals surface area (Å²) in [5.41, 5.74) is 3.09. The number of carbonyl (C=O) groups excluding carboxylic acids is 1. The molecule has 1 aliphatic carbocycles. The number of pyridine rings is 1. The lowest BCUT2D eigenvalue weighted by molar-refractivity contribution is -0.129. The van der Waals surface area contributed by atoms with Crippen molar-refractivity contribution in [3.05, 3.63) is 28.5 Å². The average Bonchev–Trinajstić information content (AvgIpc) is 3.47. The molecule has 1 saturated heterocycles. The van der Waals surface area contributed by atoms with Crippen LogP contribution in [0.1, 0.15) is 69.0 Å². The molecular weight excluding hydrogens is 422 g/mol. The number of likely N-dealkylation sites (tertiary alicyclic amines) is 1. The second kappa shape index (κ2) is 9.05. The highest BCUT2D eigenvalue weighted by molar-refractivity contribution is 7.15. The molecule has 2 fully saturated rings. The van der Waals surface area contributed by atoms with E-state index in [-0.39, 0.29) is 11.9 Å². The third kappa shape index (κ3) is 4.57. The first-order valence-corrected chi connectivity index (χ1v) is 12.5. The SMILES string of the molecule is CC(=O)N1CCC(NC2=Cc3nc(Nc4nnc(C5CCCC5)s4)ccc3NC2C)CC1. The normalized spacial score (nSPS) is 21.6. The van der Waals surface area contributed by atoms with Crippen LogP contribution in [-0.4, -0.2) is 51.2 Å². The molecule has 9 heteroatoms. The van der Waals surface area contributed by atoms with Gasteiger partial charge in [0.25, 0.3) is 0 Å². The zero-order valence-electron chi connectivity index (χ0n) is 18.7. The van der Waals surface area contributed by atoms with Gasteiger partial charge in [0.05, 0.1) is 17.4 Å². The largest absolute Gasteiger partial charge is 0.384 e. The summed E-state index contributed by atoms with van der Waals surface area (Å²) >= 11 is 1.64. The fourth-order valence-corrected chi connectivity index (χ4v) is 5.75. The fraction of sp³-hybridized carbons (Fsp3) is 0.565. The van der Waals surface area contributed by atoms with E-state index in [1.54, 1.807) is 18.3 Å². The van der Waals surface area contributed by atoms with Crippen molar-refractivity contribution in [3.63, 3.8) is 0 Å². The molecule has 3 N–H and O–H groups in total. The van der Waals surface area contributed by atoms with Crippen molar-refractivity contribution in [1.82, 2.24) is 25.4 Å². The van der Waals surface area contributed by atoms with Gasteiger partial charge in [0.2, 0.25) is 11.0 Å². The van der Waals surface area contributed by atoms with Gasteiger partial charge in [0, 0.05) is 37.7 Å². The van der Waals surface area contributed by atoms with Gasteiger partial charge < -0.3 is 20.9 Å². The van der Waals surface area contributed by atoms with Crippen LogP contribution in [0, 0.1) is 0 Å². The molecule has 2 aromatic rings. The highest BCUT2D eigenvalue weighted by Crippen LogP contribution is 2.37. The Bertz CT molecular complexity index is 1010. The predicted octanol–water partition coefficient (Wildman–Crippen LogP) is 4.09. The van der Waals surface area contributed by atoms with E-state index in [1.165, 1.54) is 25.7 Å². The smallest absolute Gasteiger partial charge is 0.219 e. The Balaban J connectivity index is 1.26. The number of hydrogen-bond acceptors (Lipinski definition) is 8. The maximum atomic E-state index is 11.6. The van der Waals surface area contributed by atoms with Crippen LogP contribution in [0.15, 0.2) is 17.8 Å². The van der Waals surface area contributed by atoms with Gasteiger partial charge in [-0.25, -0.2) is 4.98 Å². The molecule has 170 valence electrons. The minimum Gasteiger partial charge on any atom is -0.384 e. The Morgan fingerprint density at radius 3 is 2.69 bits per heavy atom. The Morgan fingerprint density at radius 2 is 1.94 bits per heavy atom. The Kier molecular flexibility index (Phi) is 5.99. The molecule has 0 spiro atoms. The van der Waals surface area contributed by atoms with Crippen molar-refractivity contribution >= 4 is 40.0 Å². The van der Waals surface area contributed by atoms with Gasteiger partial charge in [-0.2, -0.15) is 0 Å². The summed E-state index contributed by atoms with van der Waals surface area (Å²) in [5.74, 6) is 1.52. The maximum absolute atomic E-state index is 11.6. The highest BCUT2D eigenvalue weighted by atomic mass is 32.1. The minimum absolute atomic E-state index is 0.166. The van der Waals surface area contributed by atoms with Gasteiger partial charge in [-0.15, -0.1) is 10.2 Å². The first-order chi connectivity index (χ1) is 15.5. The van der Waals surface area contributed by atoms with Crippen LogP contribution >= 0.6 is 11.3 Å². The van der Waals surface area contributed by atoms with Crippen molar-refractivity contribution < 1.29 is 4.79 Å². The van der Waals surface area contributed by atoms with E-state index in [1.807, 2.05) is 11.0 Å². The summed E-state index contributed by atoms with van der Waals surface area (Å²) in [7, 11) is 0. The summed E-state index contributed by atoms with van der Waals surface area (Å²) in [5, 5.41) is 21.3. The number of nitrogens with one attached hydrogen (secondary N) is 3. The lowest BCUT2D eigenvalue weighted by atomic mass is 10.0. The number of fused-ring (bicyclic) bond motifs is 1. The maximum Gasteiger partial charge on any atom is 0.219 e. The first kappa shape index (κ1) is 21.2. The Hall–Kier alpha value is -2.68. The van der Waals surface area contributed by atoms with E-state index in [9.17, 15) is 4.79 Å². The molecule has 3 aliphatic rings. The molecule has 0 aromatic carbocycles. The van der Waals surface area contributed by atoms with Gasteiger partial charge in [-0.3, -0.25) is 4.79 Å². The van der Waals surface area contributed by atoms with E-state index >= 15 is 0 Å². The zero-order valence-corrected chi connectivity index (χ0v) is 19.5. The molecule has 1 saturated carbocycles. The standard InChI is InChI=1S/C23H31N7OS/c1-14-19(25-17-9-11-30(12-10-17)15(2)31)13-20-18(24-14)7-8-21(26-20)27-23-29-28-22(32-23)16-5-3-4-6-16/h7-8,13-14,16-17,24-25H,3-6,9-12H2,1-2H3,(H,26,27,29). The monoisotopic (exact) mass is 453 g/mol. The molecule has 2 aliphatic heterocycles. The summed E-state index contributed by atoms with van der Waals surface area (Å²) in [4.78, 5) is 18.3. The first-order valence-electron chi connectivity index (χ1n) is 11.7.